The normalized spacial score (nSPS) is 12.6. The highest BCUT2D eigenvalue weighted by atomic mass is 16.5. The molecule has 1 saturated carbocycles. The van der Waals surface area contributed by atoms with Crippen LogP contribution in [0.3, 0.4) is 0 Å². The number of methoxy groups -OCH3 is 1. The molecule has 0 unspecified atom stereocenters. The van der Waals surface area contributed by atoms with Crippen LogP contribution in [0.1, 0.15) is 35.7 Å². The summed E-state index contributed by atoms with van der Waals surface area (Å²) in [7, 11) is 1.50. The lowest BCUT2D eigenvalue weighted by atomic mass is 10.1. The number of carbonyl (C=O) groups excluding carboxylic acids is 3. The van der Waals surface area contributed by atoms with Crippen LogP contribution in [-0.4, -0.2) is 37.4 Å². The van der Waals surface area contributed by atoms with Gasteiger partial charge in [-0.2, -0.15) is 0 Å². The minimum absolute atomic E-state index is 0.00204. The average molecular weight is 410 g/mol. The highest BCUT2D eigenvalue weighted by Crippen LogP contribution is 2.28. The molecule has 1 fully saturated rings. The third-order valence-corrected chi connectivity index (χ3v) is 4.65. The summed E-state index contributed by atoms with van der Waals surface area (Å²) in [5.41, 5.74) is 3.20. The molecule has 0 heterocycles. The first-order chi connectivity index (χ1) is 14.4. The molecule has 0 atom stereocenters. The van der Waals surface area contributed by atoms with E-state index in [0.717, 1.165) is 18.4 Å². The van der Waals surface area contributed by atoms with Crippen molar-refractivity contribution in [1.82, 2.24) is 5.32 Å². The third-order valence-electron chi connectivity index (χ3n) is 4.65. The summed E-state index contributed by atoms with van der Waals surface area (Å²) in [6.45, 7) is 3.32. The Morgan fingerprint density at radius 3 is 2.47 bits per heavy atom. The Hall–Kier alpha value is -3.55. The maximum atomic E-state index is 12.5. The van der Waals surface area contributed by atoms with Crippen molar-refractivity contribution in [2.24, 2.45) is 0 Å². The molecule has 0 spiro atoms. The minimum atomic E-state index is -0.291. The van der Waals surface area contributed by atoms with Gasteiger partial charge < -0.3 is 26.0 Å². The first-order valence-electron chi connectivity index (χ1n) is 9.76. The van der Waals surface area contributed by atoms with Crippen LogP contribution in [0, 0.1) is 6.92 Å². The van der Waals surface area contributed by atoms with Crippen molar-refractivity contribution in [1.29, 1.82) is 0 Å². The third kappa shape index (κ3) is 5.73. The number of hydrogen-bond donors (Lipinski definition) is 4. The number of hydrogen-bond acceptors (Lipinski definition) is 5. The van der Waals surface area contributed by atoms with Crippen LogP contribution in [0.15, 0.2) is 36.4 Å². The summed E-state index contributed by atoms with van der Waals surface area (Å²) < 4.78 is 5.27. The van der Waals surface area contributed by atoms with Crippen molar-refractivity contribution < 1.29 is 19.1 Å². The zero-order valence-electron chi connectivity index (χ0n) is 17.3. The molecule has 1 aliphatic carbocycles. The molecular formula is C22H26N4O4. The molecule has 3 rings (SSSR count). The number of anilines is 3. The monoisotopic (exact) mass is 410 g/mol. The quantitative estimate of drug-likeness (QED) is 0.535. The van der Waals surface area contributed by atoms with Crippen molar-refractivity contribution in [2.45, 2.75) is 32.7 Å². The van der Waals surface area contributed by atoms with Gasteiger partial charge in [0, 0.05) is 29.9 Å². The lowest BCUT2D eigenvalue weighted by Gasteiger charge is -2.14. The minimum Gasteiger partial charge on any atom is -0.495 e. The van der Waals surface area contributed by atoms with Crippen molar-refractivity contribution in [3.63, 3.8) is 0 Å². The smallest absolute Gasteiger partial charge is 0.251 e. The van der Waals surface area contributed by atoms with Crippen LogP contribution >= 0.6 is 0 Å². The molecule has 2 aromatic rings. The summed E-state index contributed by atoms with van der Waals surface area (Å²) in [5, 5.41) is 11.5. The van der Waals surface area contributed by atoms with Crippen molar-refractivity contribution in [3.05, 3.63) is 47.5 Å². The van der Waals surface area contributed by atoms with Gasteiger partial charge in [0.15, 0.2) is 0 Å². The molecule has 2 aromatic carbocycles. The van der Waals surface area contributed by atoms with Crippen LogP contribution in [0.2, 0.25) is 0 Å². The van der Waals surface area contributed by atoms with E-state index < -0.39 is 0 Å². The number of amides is 3. The molecule has 30 heavy (non-hydrogen) atoms. The Morgan fingerprint density at radius 1 is 1.03 bits per heavy atom. The molecule has 158 valence electrons. The van der Waals surface area contributed by atoms with Gasteiger partial charge in [-0.25, -0.2) is 0 Å². The molecule has 4 N–H and O–H groups in total. The van der Waals surface area contributed by atoms with E-state index in [1.165, 1.54) is 14.0 Å². The van der Waals surface area contributed by atoms with Crippen LogP contribution < -0.4 is 26.0 Å². The topological polar surface area (TPSA) is 109 Å². The van der Waals surface area contributed by atoms with E-state index in [9.17, 15) is 14.4 Å². The van der Waals surface area contributed by atoms with E-state index in [0.29, 0.717) is 28.4 Å². The van der Waals surface area contributed by atoms with Crippen LogP contribution in [0.25, 0.3) is 0 Å². The van der Waals surface area contributed by atoms with Gasteiger partial charge in [0.05, 0.1) is 19.3 Å². The number of carbonyl (C=O) groups is 3. The van der Waals surface area contributed by atoms with Crippen molar-refractivity contribution >= 4 is 34.8 Å². The second-order valence-electron chi connectivity index (χ2n) is 7.28. The summed E-state index contributed by atoms with van der Waals surface area (Å²) in [5.74, 6) is -0.127. The lowest BCUT2D eigenvalue weighted by Crippen LogP contribution is -2.26. The van der Waals surface area contributed by atoms with Gasteiger partial charge in [0.2, 0.25) is 11.8 Å². The number of nitrogens with one attached hydrogen (secondary N) is 4. The van der Waals surface area contributed by atoms with E-state index in [2.05, 4.69) is 21.3 Å². The van der Waals surface area contributed by atoms with Crippen LogP contribution in [0.5, 0.6) is 5.75 Å². The molecule has 0 saturated heterocycles. The average Bonchev–Trinajstić information content (AvgIpc) is 3.51. The zero-order chi connectivity index (χ0) is 21.7. The molecular weight excluding hydrogens is 384 g/mol. The number of benzene rings is 2. The van der Waals surface area contributed by atoms with E-state index in [-0.39, 0.29) is 30.3 Å². The maximum Gasteiger partial charge on any atom is 0.251 e. The van der Waals surface area contributed by atoms with E-state index in [1.54, 1.807) is 30.3 Å². The Kier molecular flexibility index (Phi) is 6.56. The Balaban J connectivity index is 1.64. The lowest BCUT2D eigenvalue weighted by molar-refractivity contribution is -0.115. The molecule has 0 radical (unpaired) electrons. The first-order valence-corrected chi connectivity index (χ1v) is 9.76. The SMILES string of the molecule is COc1ccc(NC(C)=O)cc1NC(=O)CNc1cc(C(=O)NC2CC2)ccc1C. The summed E-state index contributed by atoms with van der Waals surface area (Å²) in [4.78, 5) is 36.0. The van der Waals surface area contributed by atoms with Gasteiger partial charge in [-0.3, -0.25) is 14.4 Å². The molecule has 1 aliphatic rings. The zero-order valence-corrected chi connectivity index (χ0v) is 17.3. The van der Waals surface area contributed by atoms with E-state index >= 15 is 0 Å². The van der Waals surface area contributed by atoms with Gasteiger partial charge in [0.25, 0.3) is 5.91 Å². The largest absolute Gasteiger partial charge is 0.495 e. The Labute approximate surface area is 175 Å². The fourth-order valence-electron chi connectivity index (χ4n) is 2.91. The molecule has 8 heteroatoms. The maximum absolute atomic E-state index is 12.5. The summed E-state index contributed by atoms with van der Waals surface area (Å²) in [6, 6.07) is 10.6. The van der Waals surface area contributed by atoms with Gasteiger partial charge in [-0.05, 0) is 55.7 Å². The fourth-order valence-corrected chi connectivity index (χ4v) is 2.91. The van der Waals surface area contributed by atoms with Crippen molar-refractivity contribution in [3.8, 4) is 5.75 Å². The predicted octanol–water partition coefficient (Wildman–Crippen LogP) is 2.90. The Morgan fingerprint density at radius 2 is 1.80 bits per heavy atom. The number of aryl methyl sites for hydroxylation is 1. The fraction of sp³-hybridized carbons (Fsp3) is 0.318. The summed E-state index contributed by atoms with van der Waals surface area (Å²) in [6.07, 6.45) is 2.05. The van der Waals surface area contributed by atoms with Gasteiger partial charge in [-0.15, -0.1) is 0 Å². The number of rotatable bonds is 8. The summed E-state index contributed by atoms with van der Waals surface area (Å²) >= 11 is 0. The molecule has 3 amide bonds. The Bertz CT molecular complexity index is 970. The van der Waals surface area contributed by atoms with E-state index in [1.807, 2.05) is 13.0 Å². The number of ether oxygens (including phenoxy) is 1. The second kappa shape index (κ2) is 9.30. The molecule has 0 aromatic heterocycles. The first kappa shape index (κ1) is 21.2. The van der Waals surface area contributed by atoms with Gasteiger partial charge >= 0.3 is 0 Å². The highest BCUT2D eigenvalue weighted by molar-refractivity contribution is 5.98. The molecule has 8 nitrogen and oxygen atoms in total. The van der Waals surface area contributed by atoms with Gasteiger partial charge in [0.1, 0.15) is 5.75 Å². The molecule has 0 bridgehead atoms. The molecule has 0 aliphatic heterocycles. The van der Waals surface area contributed by atoms with Crippen molar-refractivity contribution in [2.75, 3.05) is 29.6 Å². The van der Waals surface area contributed by atoms with Crippen LogP contribution in [-0.2, 0) is 9.59 Å². The highest BCUT2D eigenvalue weighted by Gasteiger charge is 2.24. The predicted molar refractivity (Wildman–Crippen MR) is 116 cm³/mol. The van der Waals surface area contributed by atoms with E-state index in [4.69, 9.17) is 4.74 Å². The van der Waals surface area contributed by atoms with Gasteiger partial charge in [-0.1, -0.05) is 6.07 Å². The second-order valence-corrected chi connectivity index (χ2v) is 7.28. The standard InChI is InChI=1S/C22H26N4O4/c1-13-4-5-15(22(29)25-16-6-7-16)10-18(13)23-12-21(28)26-19-11-17(24-14(2)27)8-9-20(19)30-3/h4-5,8-11,16,23H,6-7,12H2,1-3H3,(H,24,27)(H,25,29)(H,26,28). The van der Waals surface area contributed by atoms with Crippen LogP contribution in [0.4, 0.5) is 17.1 Å².